The van der Waals surface area contributed by atoms with E-state index in [-0.39, 0.29) is 48.4 Å². The van der Waals surface area contributed by atoms with Gasteiger partial charge in [-0.1, -0.05) is 18.2 Å². The molecule has 1 N–H and O–H groups in total. The number of aromatic nitrogens is 1. The summed E-state index contributed by atoms with van der Waals surface area (Å²) >= 11 is 0. The molecule has 0 saturated heterocycles. The highest BCUT2D eigenvalue weighted by Gasteiger charge is 2.35. The van der Waals surface area contributed by atoms with Crippen LogP contribution in [0.3, 0.4) is 0 Å². The third-order valence-electron chi connectivity index (χ3n) is 8.08. The molecule has 0 atom stereocenters. The Labute approximate surface area is 270 Å². The van der Waals surface area contributed by atoms with Crippen molar-refractivity contribution in [1.82, 2.24) is 10.3 Å². The molecule has 1 aromatic carbocycles. The zero-order chi connectivity index (χ0) is 32.9. The molecule has 0 unspecified atom stereocenters. The summed E-state index contributed by atoms with van der Waals surface area (Å²) in [4.78, 5) is 44.1. The second kappa shape index (κ2) is 14.5. The number of carbonyl (C=O) groups excluding carboxylic acids is 3. The van der Waals surface area contributed by atoms with Gasteiger partial charge in [0.2, 0.25) is 5.91 Å². The summed E-state index contributed by atoms with van der Waals surface area (Å²) in [6, 6.07) is 7.64. The number of amides is 2. The molecule has 1 aliphatic carbocycles. The Kier molecular flexibility index (Phi) is 11.2. The molecule has 1 aliphatic heterocycles. The smallest absolute Gasteiger partial charge is 0.416 e. The van der Waals surface area contributed by atoms with Gasteiger partial charge in [0, 0.05) is 35.4 Å². The van der Waals surface area contributed by atoms with Crippen LogP contribution in [0.2, 0.25) is 0 Å². The van der Waals surface area contributed by atoms with Crippen molar-refractivity contribution in [3.05, 3.63) is 52.2 Å². The summed E-state index contributed by atoms with van der Waals surface area (Å²) in [5.74, 6) is 0.488. The van der Waals surface area contributed by atoms with Crippen LogP contribution in [0.25, 0.3) is 0 Å². The molecular formula is C33H44ClN3O7S. The average molecular weight is 662 g/mol. The molecule has 2 amide bonds. The van der Waals surface area contributed by atoms with E-state index in [9.17, 15) is 22.8 Å². The van der Waals surface area contributed by atoms with E-state index in [4.69, 9.17) is 25.1 Å². The highest BCUT2D eigenvalue weighted by Crippen LogP contribution is 2.37. The first-order valence-electron chi connectivity index (χ1n) is 15.6. The minimum Gasteiger partial charge on any atom is -0.466 e. The molecule has 12 heteroatoms. The van der Waals surface area contributed by atoms with Gasteiger partial charge in [-0.2, -0.15) is 0 Å². The van der Waals surface area contributed by atoms with E-state index < -0.39 is 14.7 Å². The third-order valence-corrected chi connectivity index (χ3v) is 9.67. The summed E-state index contributed by atoms with van der Waals surface area (Å²) < 4.78 is 34.4. The second-order valence-corrected chi connectivity index (χ2v) is 15.6. The number of nitrogens with zero attached hydrogens (tertiary/aromatic N) is 2. The van der Waals surface area contributed by atoms with Crippen molar-refractivity contribution in [2.75, 3.05) is 24.6 Å². The molecular weight excluding hydrogens is 618 g/mol. The van der Waals surface area contributed by atoms with E-state index in [0.29, 0.717) is 42.2 Å². The molecule has 1 aromatic heterocycles. The highest BCUT2D eigenvalue weighted by molar-refractivity contribution is 8.13. The van der Waals surface area contributed by atoms with Crippen molar-refractivity contribution < 1.29 is 32.3 Å². The van der Waals surface area contributed by atoms with Gasteiger partial charge in [-0.25, -0.2) is 18.2 Å². The number of anilines is 1. The topological polar surface area (TPSA) is 132 Å². The molecule has 45 heavy (non-hydrogen) atoms. The Morgan fingerprint density at radius 1 is 1.11 bits per heavy atom. The first kappa shape index (κ1) is 34.7. The number of halogens is 1. The van der Waals surface area contributed by atoms with E-state index in [1.165, 1.54) is 0 Å². The van der Waals surface area contributed by atoms with Crippen LogP contribution in [-0.4, -0.2) is 56.7 Å². The Bertz CT molecular complexity index is 1510. The first-order valence-corrected chi connectivity index (χ1v) is 17.9. The number of fused-ring (bicyclic) bond motifs is 1. The quantitative estimate of drug-likeness (QED) is 0.188. The van der Waals surface area contributed by atoms with Crippen LogP contribution in [-0.2, 0) is 47.4 Å². The summed E-state index contributed by atoms with van der Waals surface area (Å²) in [6.45, 7) is 10.00. The number of carbonyl (C=O) groups is 3. The Morgan fingerprint density at radius 3 is 2.44 bits per heavy atom. The van der Waals surface area contributed by atoms with Gasteiger partial charge in [0.1, 0.15) is 11.4 Å². The van der Waals surface area contributed by atoms with Crippen LogP contribution in [0.5, 0.6) is 0 Å². The highest BCUT2D eigenvalue weighted by atomic mass is 35.7. The molecule has 10 nitrogen and oxygen atoms in total. The number of benzene rings is 1. The van der Waals surface area contributed by atoms with Gasteiger partial charge < -0.3 is 14.8 Å². The van der Waals surface area contributed by atoms with Gasteiger partial charge in [0.15, 0.2) is 0 Å². The maximum atomic E-state index is 12.8. The van der Waals surface area contributed by atoms with E-state index in [0.717, 1.165) is 48.9 Å². The number of rotatable bonds is 11. The Balaban J connectivity index is 1.14. The molecule has 246 valence electrons. The summed E-state index contributed by atoms with van der Waals surface area (Å²) in [7, 11) is 1.72. The average Bonchev–Trinajstić information content (AvgIpc) is 2.90. The van der Waals surface area contributed by atoms with Crippen LogP contribution in [0.1, 0.15) is 80.8 Å². The molecule has 2 aromatic rings. The largest absolute Gasteiger partial charge is 0.466 e. The summed E-state index contributed by atoms with van der Waals surface area (Å²) in [6.07, 6.45) is 4.91. The Hall–Kier alpha value is -3.18. The molecule has 2 heterocycles. The zero-order valence-corrected chi connectivity index (χ0v) is 28.4. The lowest BCUT2D eigenvalue weighted by Crippen LogP contribution is -2.41. The molecule has 1 fully saturated rings. The van der Waals surface area contributed by atoms with Crippen LogP contribution in [0.15, 0.2) is 29.2 Å². The molecule has 2 aliphatic rings. The van der Waals surface area contributed by atoms with Crippen LogP contribution >= 0.6 is 10.7 Å². The number of ether oxygens (including phenoxy) is 2. The zero-order valence-electron chi connectivity index (χ0n) is 26.8. The van der Waals surface area contributed by atoms with Gasteiger partial charge >= 0.3 is 12.1 Å². The van der Waals surface area contributed by atoms with E-state index in [1.54, 1.807) is 30.9 Å². The molecule has 0 spiro atoms. The van der Waals surface area contributed by atoms with Crippen molar-refractivity contribution >= 4 is 43.5 Å². The lowest BCUT2D eigenvalue weighted by molar-refractivity contribution is -0.143. The minimum atomic E-state index is -3.81. The van der Waals surface area contributed by atoms with Crippen LogP contribution in [0.4, 0.5) is 10.6 Å². The normalized spacial score (nSPS) is 18.0. The van der Waals surface area contributed by atoms with E-state index >= 15 is 0 Å². The maximum absolute atomic E-state index is 12.8. The molecule has 1 saturated carbocycles. The third kappa shape index (κ3) is 9.66. The van der Waals surface area contributed by atoms with Gasteiger partial charge in [-0.3, -0.25) is 14.5 Å². The molecule has 0 radical (unpaired) electrons. The van der Waals surface area contributed by atoms with Crippen molar-refractivity contribution in [2.24, 2.45) is 11.8 Å². The number of hydrogen-bond acceptors (Lipinski definition) is 8. The second-order valence-electron chi connectivity index (χ2n) is 13.1. The van der Waals surface area contributed by atoms with Crippen molar-refractivity contribution in [1.29, 1.82) is 0 Å². The van der Waals surface area contributed by atoms with Crippen molar-refractivity contribution in [3.8, 4) is 0 Å². The van der Waals surface area contributed by atoms with Gasteiger partial charge in [0.05, 0.1) is 17.9 Å². The van der Waals surface area contributed by atoms with Gasteiger partial charge in [-0.15, -0.1) is 0 Å². The number of nitrogens with one attached hydrogen (secondary N) is 1. The number of hydrogen-bond donors (Lipinski definition) is 1. The minimum absolute atomic E-state index is 0.0540. The molecule has 4 rings (SSSR count). The van der Waals surface area contributed by atoms with Gasteiger partial charge in [0.25, 0.3) is 9.05 Å². The van der Waals surface area contributed by atoms with E-state index in [2.05, 4.69) is 5.32 Å². The summed E-state index contributed by atoms with van der Waals surface area (Å²) in [5, 5.41) is 2.85. The monoisotopic (exact) mass is 661 g/mol. The van der Waals surface area contributed by atoms with Crippen LogP contribution in [0, 0.1) is 25.7 Å². The molecule has 0 bridgehead atoms. The standard InChI is InChI=1S/C33H44ClN3O7S/c1-21-16-23(17-22(2)29(21)45(34,41)42)8-7-15-43-28(38)12-13-35-31(39)26-18-24(19-26)20-27-11-10-25-9-6-14-37(30(25)36-27)32(40)44-33(3,4)5/h10-11,16-17,24,26H,6-9,12-15,18-20H2,1-5H3,(H,35,39). The predicted molar refractivity (Wildman–Crippen MR) is 172 cm³/mol. The fourth-order valence-corrected chi connectivity index (χ4v) is 7.65. The number of esters is 1. The SMILES string of the molecule is Cc1cc(CCCOC(=O)CCNC(=O)C2CC(Cc3ccc4c(n3)N(C(=O)OC(C)(C)C)CCC4)C2)cc(C)c1S(=O)(=O)Cl. The maximum Gasteiger partial charge on any atom is 0.416 e. The van der Waals surface area contributed by atoms with Crippen molar-refractivity contribution in [2.45, 2.75) is 96.5 Å². The van der Waals surface area contributed by atoms with Crippen molar-refractivity contribution in [3.63, 3.8) is 0 Å². The predicted octanol–water partition coefficient (Wildman–Crippen LogP) is 5.56. The lowest BCUT2D eigenvalue weighted by Gasteiger charge is -2.35. The fraction of sp³-hybridized carbons (Fsp3) is 0.576. The fourth-order valence-electron chi connectivity index (χ4n) is 6.03. The first-order chi connectivity index (χ1) is 21.1. The number of aryl methyl sites for hydroxylation is 4. The van der Waals surface area contributed by atoms with Crippen LogP contribution < -0.4 is 10.2 Å². The Morgan fingerprint density at radius 2 is 1.80 bits per heavy atom. The lowest BCUT2D eigenvalue weighted by atomic mass is 9.72. The van der Waals surface area contributed by atoms with E-state index in [1.807, 2.05) is 32.9 Å². The summed E-state index contributed by atoms with van der Waals surface area (Å²) in [5.41, 5.74) is 3.49. The number of pyridine rings is 1. The van der Waals surface area contributed by atoms with Gasteiger partial charge in [-0.05, 0) is 114 Å².